The molecule has 0 spiro atoms. The molecule has 0 saturated heterocycles. The van der Waals surface area contributed by atoms with Crippen LogP contribution in [0.5, 0.6) is 0 Å². The second-order valence-corrected chi connectivity index (χ2v) is 31.6. The van der Waals surface area contributed by atoms with Crippen LogP contribution in [0.3, 0.4) is 0 Å². The summed E-state index contributed by atoms with van der Waals surface area (Å²) >= 11 is 0. The normalized spacial score (nSPS) is 14.4. The molecule has 0 saturated carbocycles. The molecular formula is C75H146O17P2. The molecule has 0 heterocycles. The van der Waals surface area contributed by atoms with Crippen LogP contribution in [0.15, 0.2) is 0 Å². The van der Waals surface area contributed by atoms with Gasteiger partial charge in [-0.05, 0) is 49.4 Å². The number of esters is 4. The Morgan fingerprint density at radius 2 is 0.511 bits per heavy atom. The van der Waals surface area contributed by atoms with Gasteiger partial charge in [0.25, 0.3) is 0 Å². The molecule has 0 aromatic heterocycles. The molecule has 558 valence electrons. The van der Waals surface area contributed by atoms with E-state index in [0.717, 1.165) is 114 Å². The van der Waals surface area contributed by atoms with E-state index in [1.807, 2.05) is 0 Å². The fraction of sp³-hybridized carbons (Fsp3) is 0.947. The molecule has 94 heavy (non-hydrogen) atoms. The van der Waals surface area contributed by atoms with E-state index in [2.05, 4.69) is 55.4 Å². The highest BCUT2D eigenvalue weighted by Gasteiger charge is 2.30. The molecule has 0 aliphatic heterocycles. The van der Waals surface area contributed by atoms with Gasteiger partial charge < -0.3 is 33.8 Å². The number of aliphatic hydroxyl groups excluding tert-OH is 1. The van der Waals surface area contributed by atoms with Crippen molar-refractivity contribution in [2.75, 3.05) is 39.6 Å². The van der Waals surface area contributed by atoms with Crippen LogP contribution in [0.1, 0.15) is 376 Å². The number of rotatable bonds is 72. The fourth-order valence-corrected chi connectivity index (χ4v) is 12.9. The van der Waals surface area contributed by atoms with E-state index in [9.17, 15) is 43.2 Å². The number of ether oxygens (including phenoxy) is 4. The molecule has 0 amide bonds. The van der Waals surface area contributed by atoms with Crippen molar-refractivity contribution < 1.29 is 80.2 Å². The summed E-state index contributed by atoms with van der Waals surface area (Å²) in [5.74, 6) is 0.920. The largest absolute Gasteiger partial charge is 0.472 e. The number of aliphatic hydroxyl groups is 1. The second-order valence-electron chi connectivity index (χ2n) is 28.7. The highest BCUT2D eigenvalue weighted by atomic mass is 31.2. The first-order valence-electron chi connectivity index (χ1n) is 38.7. The Hall–Kier alpha value is -1.94. The highest BCUT2D eigenvalue weighted by molar-refractivity contribution is 7.47. The maximum atomic E-state index is 13.1. The van der Waals surface area contributed by atoms with Crippen molar-refractivity contribution in [3.8, 4) is 0 Å². The number of carbonyl (C=O) groups is 4. The first kappa shape index (κ1) is 92.1. The summed E-state index contributed by atoms with van der Waals surface area (Å²) < 4.78 is 68.5. The van der Waals surface area contributed by atoms with Gasteiger partial charge in [0.2, 0.25) is 0 Å². The van der Waals surface area contributed by atoms with Gasteiger partial charge in [0.1, 0.15) is 19.3 Å². The quantitative estimate of drug-likeness (QED) is 0.0222. The predicted octanol–water partition coefficient (Wildman–Crippen LogP) is 21.7. The molecule has 0 radical (unpaired) electrons. The Balaban J connectivity index is 5.22. The van der Waals surface area contributed by atoms with Gasteiger partial charge in [-0.3, -0.25) is 37.3 Å². The third-order valence-corrected chi connectivity index (χ3v) is 19.6. The summed E-state index contributed by atoms with van der Waals surface area (Å²) in [5, 5.41) is 10.6. The lowest BCUT2D eigenvalue weighted by Gasteiger charge is -2.21. The standard InChI is InChI=1S/C75H146O17P2/c1-9-68(8)54-46-38-30-24-26-34-42-50-58-75(80)92-71(62-86-73(78)56-48-40-32-25-23-29-37-45-53-67(6)7)64-90-94(83,84)88-60-69(76)59-87-93(81,82)89-63-70(91-74(79)57-49-41-33-22-18-20-28-36-44-52-66(4)5)61-85-72(77)55-47-39-31-21-17-15-13-11-10-12-14-16-19-27-35-43-51-65(2)3/h65-71,76H,9-64H2,1-8H3,(H,81,82)(H,83,84)/t68?,69?,70-,71-/m1/s1. The summed E-state index contributed by atoms with van der Waals surface area (Å²) in [6.45, 7) is 14.2. The summed E-state index contributed by atoms with van der Waals surface area (Å²) in [4.78, 5) is 72.7. The molecule has 0 rings (SSSR count). The fourth-order valence-electron chi connectivity index (χ4n) is 11.3. The van der Waals surface area contributed by atoms with E-state index in [1.165, 1.54) is 180 Å². The predicted molar refractivity (Wildman–Crippen MR) is 381 cm³/mol. The summed E-state index contributed by atoms with van der Waals surface area (Å²) in [6.07, 6.45) is 48.6. The molecule has 0 aromatic rings. The Kier molecular flexibility index (Phi) is 63.1. The zero-order valence-electron chi connectivity index (χ0n) is 61.6. The highest BCUT2D eigenvalue weighted by Crippen LogP contribution is 2.45. The van der Waals surface area contributed by atoms with Gasteiger partial charge in [0, 0.05) is 25.7 Å². The van der Waals surface area contributed by atoms with Gasteiger partial charge in [-0.25, -0.2) is 9.13 Å². The third-order valence-electron chi connectivity index (χ3n) is 17.7. The molecule has 0 fully saturated rings. The van der Waals surface area contributed by atoms with Crippen molar-refractivity contribution in [1.29, 1.82) is 0 Å². The first-order chi connectivity index (χ1) is 45.1. The van der Waals surface area contributed by atoms with E-state index < -0.39 is 97.5 Å². The van der Waals surface area contributed by atoms with Crippen molar-refractivity contribution in [3.63, 3.8) is 0 Å². The van der Waals surface area contributed by atoms with Gasteiger partial charge >= 0.3 is 39.5 Å². The van der Waals surface area contributed by atoms with E-state index in [4.69, 9.17) is 37.0 Å². The summed E-state index contributed by atoms with van der Waals surface area (Å²) in [6, 6.07) is 0. The van der Waals surface area contributed by atoms with Gasteiger partial charge in [-0.2, -0.15) is 0 Å². The average Bonchev–Trinajstić information content (AvgIpc) is 2.65. The van der Waals surface area contributed by atoms with E-state index in [1.54, 1.807) is 0 Å². The van der Waals surface area contributed by atoms with Gasteiger partial charge in [-0.15, -0.1) is 0 Å². The number of carbonyl (C=O) groups excluding carboxylic acids is 4. The Labute approximate surface area is 575 Å². The third kappa shape index (κ3) is 67.3. The lowest BCUT2D eigenvalue weighted by molar-refractivity contribution is -0.161. The van der Waals surface area contributed by atoms with Crippen LogP contribution in [-0.2, 0) is 65.4 Å². The zero-order chi connectivity index (χ0) is 69.6. The minimum Gasteiger partial charge on any atom is -0.462 e. The number of phosphoric acid groups is 2. The van der Waals surface area contributed by atoms with Gasteiger partial charge in [0.15, 0.2) is 12.2 Å². The van der Waals surface area contributed by atoms with Crippen LogP contribution in [0.2, 0.25) is 0 Å². The maximum absolute atomic E-state index is 13.1. The molecule has 17 nitrogen and oxygen atoms in total. The molecular weight excluding hydrogens is 1230 g/mol. The average molecular weight is 1380 g/mol. The van der Waals surface area contributed by atoms with Crippen molar-refractivity contribution in [2.45, 2.75) is 395 Å². The molecule has 0 bridgehead atoms. The Morgan fingerprint density at radius 1 is 0.298 bits per heavy atom. The van der Waals surface area contributed by atoms with Crippen LogP contribution < -0.4 is 0 Å². The molecule has 0 aliphatic rings. The molecule has 4 unspecified atom stereocenters. The topological polar surface area (TPSA) is 237 Å². The van der Waals surface area contributed by atoms with E-state index in [-0.39, 0.29) is 25.7 Å². The first-order valence-corrected chi connectivity index (χ1v) is 41.7. The zero-order valence-corrected chi connectivity index (χ0v) is 63.4. The van der Waals surface area contributed by atoms with Crippen LogP contribution in [-0.4, -0.2) is 96.7 Å². The van der Waals surface area contributed by atoms with E-state index >= 15 is 0 Å². The molecule has 0 aliphatic carbocycles. The summed E-state index contributed by atoms with van der Waals surface area (Å²) in [5.41, 5.74) is 0. The van der Waals surface area contributed by atoms with Crippen LogP contribution in [0.25, 0.3) is 0 Å². The number of hydrogen-bond acceptors (Lipinski definition) is 15. The molecule has 6 atom stereocenters. The maximum Gasteiger partial charge on any atom is 0.472 e. The SMILES string of the molecule is CCC(C)CCCCCCCCCCC(=O)O[C@H](COC(=O)CCCCCCCCCCC(C)C)COP(=O)(O)OCC(O)COP(=O)(O)OC[C@@H](COC(=O)CCCCCCCCCCCCCCCCCCC(C)C)OC(=O)CCCCCCCCCCCC(C)C. The molecule has 19 heteroatoms. The van der Waals surface area contributed by atoms with Crippen molar-refractivity contribution in [2.24, 2.45) is 23.7 Å². The van der Waals surface area contributed by atoms with Crippen molar-refractivity contribution >= 4 is 39.5 Å². The minimum absolute atomic E-state index is 0.104. The number of phosphoric ester groups is 2. The smallest absolute Gasteiger partial charge is 0.462 e. The van der Waals surface area contributed by atoms with Gasteiger partial charge in [0.05, 0.1) is 26.4 Å². The lowest BCUT2D eigenvalue weighted by Crippen LogP contribution is -2.30. The number of hydrogen-bond donors (Lipinski definition) is 3. The van der Waals surface area contributed by atoms with Crippen LogP contribution in [0.4, 0.5) is 0 Å². The van der Waals surface area contributed by atoms with Crippen molar-refractivity contribution in [1.82, 2.24) is 0 Å². The molecule has 0 aromatic carbocycles. The van der Waals surface area contributed by atoms with Gasteiger partial charge in [-0.1, -0.05) is 325 Å². The Bertz CT molecular complexity index is 1850. The minimum atomic E-state index is -4.96. The summed E-state index contributed by atoms with van der Waals surface area (Å²) in [7, 11) is -9.91. The van der Waals surface area contributed by atoms with Crippen LogP contribution in [0, 0.1) is 23.7 Å². The lowest BCUT2D eigenvalue weighted by atomic mass is 9.99. The number of unbranched alkanes of at least 4 members (excludes halogenated alkanes) is 37. The van der Waals surface area contributed by atoms with E-state index in [0.29, 0.717) is 25.7 Å². The second kappa shape index (κ2) is 64.4. The van der Waals surface area contributed by atoms with Crippen LogP contribution >= 0.6 is 15.6 Å². The molecule has 3 N–H and O–H groups in total. The Morgan fingerprint density at radius 3 is 0.755 bits per heavy atom. The van der Waals surface area contributed by atoms with Crippen molar-refractivity contribution in [3.05, 3.63) is 0 Å². The monoisotopic (exact) mass is 1380 g/mol.